The first-order valence-corrected chi connectivity index (χ1v) is 5.81. The van der Waals surface area contributed by atoms with E-state index in [1.165, 1.54) is 6.07 Å². The molecule has 0 saturated carbocycles. The fourth-order valence-electron chi connectivity index (χ4n) is 0.847. The van der Waals surface area contributed by atoms with Crippen LogP contribution in [0.3, 0.4) is 0 Å². The Morgan fingerprint density at radius 1 is 1.47 bits per heavy atom. The molecule has 0 radical (unpaired) electrons. The zero-order valence-corrected chi connectivity index (χ0v) is 8.56. The van der Waals surface area contributed by atoms with E-state index in [-0.39, 0.29) is 5.56 Å². The van der Waals surface area contributed by atoms with Gasteiger partial charge in [-0.2, -0.15) is 5.26 Å². The van der Waals surface area contributed by atoms with Crippen LogP contribution in [0.5, 0.6) is 0 Å². The van der Waals surface area contributed by atoms with Crippen molar-refractivity contribution in [1.82, 2.24) is 4.98 Å². The fourth-order valence-corrected chi connectivity index (χ4v) is 1.79. The normalized spacial score (nSPS) is 11.4. The molecule has 1 aromatic heterocycles. The SMILES string of the molecule is N#Cc1ccc(C(F)F)nc1S(=O)(=O)Cl. The Kier molecular flexibility index (Phi) is 3.21. The lowest BCUT2D eigenvalue weighted by atomic mass is 10.3. The third-order valence-corrected chi connectivity index (χ3v) is 2.67. The first-order valence-electron chi connectivity index (χ1n) is 3.50. The van der Waals surface area contributed by atoms with E-state index in [0.29, 0.717) is 0 Å². The van der Waals surface area contributed by atoms with Crippen molar-refractivity contribution < 1.29 is 17.2 Å². The van der Waals surface area contributed by atoms with Crippen molar-refractivity contribution in [3.05, 3.63) is 23.4 Å². The molecule has 1 rings (SSSR count). The summed E-state index contributed by atoms with van der Waals surface area (Å²) in [7, 11) is 0.637. The van der Waals surface area contributed by atoms with Crippen LogP contribution in [0.15, 0.2) is 17.2 Å². The highest BCUT2D eigenvalue weighted by Gasteiger charge is 2.21. The van der Waals surface area contributed by atoms with Crippen molar-refractivity contribution in [3.8, 4) is 6.07 Å². The maximum Gasteiger partial charge on any atom is 0.280 e. The maximum absolute atomic E-state index is 12.2. The van der Waals surface area contributed by atoms with Gasteiger partial charge in [-0.1, -0.05) is 0 Å². The van der Waals surface area contributed by atoms with E-state index >= 15 is 0 Å². The maximum atomic E-state index is 12.2. The van der Waals surface area contributed by atoms with Crippen LogP contribution in [-0.4, -0.2) is 13.4 Å². The van der Waals surface area contributed by atoms with E-state index < -0.39 is 26.2 Å². The van der Waals surface area contributed by atoms with Gasteiger partial charge < -0.3 is 0 Å². The van der Waals surface area contributed by atoms with Crippen LogP contribution >= 0.6 is 10.7 Å². The van der Waals surface area contributed by atoms with Crippen LogP contribution in [0.4, 0.5) is 8.78 Å². The molecule has 80 valence electrons. The van der Waals surface area contributed by atoms with Crippen LogP contribution in [0.1, 0.15) is 17.7 Å². The van der Waals surface area contributed by atoms with Gasteiger partial charge in [0.1, 0.15) is 11.8 Å². The molecule has 8 heteroatoms. The van der Waals surface area contributed by atoms with E-state index in [4.69, 9.17) is 15.9 Å². The third kappa shape index (κ3) is 2.61. The summed E-state index contributed by atoms with van der Waals surface area (Å²) >= 11 is 0. The standard InChI is InChI=1S/C7H3ClF2N2O2S/c8-15(13,14)7-4(3-11)1-2-5(12-7)6(9)10/h1-2,6H. The van der Waals surface area contributed by atoms with Crippen molar-refractivity contribution >= 4 is 19.7 Å². The quantitative estimate of drug-likeness (QED) is 0.753. The molecule has 0 bridgehead atoms. The number of pyridine rings is 1. The van der Waals surface area contributed by atoms with Crippen LogP contribution in [0.2, 0.25) is 0 Å². The molecule has 0 atom stereocenters. The topological polar surface area (TPSA) is 70.8 Å². The summed E-state index contributed by atoms with van der Waals surface area (Å²) < 4.78 is 46.2. The van der Waals surface area contributed by atoms with Gasteiger partial charge in [0, 0.05) is 10.7 Å². The molecule has 0 amide bonds. The second-order valence-electron chi connectivity index (χ2n) is 2.44. The van der Waals surface area contributed by atoms with Gasteiger partial charge in [0.25, 0.3) is 15.5 Å². The highest BCUT2D eigenvalue weighted by molar-refractivity contribution is 8.13. The van der Waals surface area contributed by atoms with Crippen LogP contribution in [0, 0.1) is 11.3 Å². The number of hydrogen-bond acceptors (Lipinski definition) is 4. The molecule has 0 aliphatic carbocycles. The number of aromatic nitrogens is 1. The monoisotopic (exact) mass is 252 g/mol. The van der Waals surface area contributed by atoms with Crippen molar-refractivity contribution in [2.75, 3.05) is 0 Å². The fraction of sp³-hybridized carbons (Fsp3) is 0.143. The Balaban J connectivity index is 3.48. The Labute approximate surface area is 88.5 Å². The second-order valence-corrected chi connectivity index (χ2v) is 4.92. The van der Waals surface area contributed by atoms with Gasteiger partial charge in [-0.15, -0.1) is 0 Å². The average molecular weight is 253 g/mol. The summed E-state index contributed by atoms with van der Waals surface area (Å²) in [6, 6.07) is 3.30. The van der Waals surface area contributed by atoms with E-state index in [1.807, 2.05) is 0 Å². The lowest BCUT2D eigenvalue weighted by Gasteiger charge is -2.02. The lowest BCUT2D eigenvalue weighted by molar-refractivity contribution is 0.145. The third-order valence-electron chi connectivity index (χ3n) is 1.46. The van der Waals surface area contributed by atoms with E-state index in [9.17, 15) is 17.2 Å². The molecule has 1 heterocycles. The number of alkyl halides is 2. The molecule has 0 aliphatic heterocycles. The molecule has 0 spiro atoms. The summed E-state index contributed by atoms with van der Waals surface area (Å²) in [6.07, 6.45) is -2.92. The molecular formula is C7H3ClF2N2O2S. The summed E-state index contributed by atoms with van der Waals surface area (Å²) in [4.78, 5) is 3.12. The first kappa shape index (κ1) is 11.8. The highest BCUT2D eigenvalue weighted by atomic mass is 35.7. The summed E-state index contributed by atoms with van der Waals surface area (Å²) in [6.45, 7) is 0. The van der Waals surface area contributed by atoms with Crippen molar-refractivity contribution in [1.29, 1.82) is 5.26 Å². The Morgan fingerprint density at radius 3 is 2.47 bits per heavy atom. The Morgan fingerprint density at radius 2 is 2.07 bits per heavy atom. The zero-order chi connectivity index (χ0) is 11.6. The molecule has 0 N–H and O–H groups in total. The molecule has 1 aromatic rings. The van der Waals surface area contributed by atoms with Gasteiger partial charge in [0.05, 0.1) is 5.56 Å². The van der Waals surface area contributed by atoms with E-state index in [0.717, 1.165) is 12.1 Å². The minimum absolute atomic E-state index is 0.366. The zero-order valence-electron chi connectivity index (χ0n) is 6.99. The average Bonchev–Trinajstić information content (AvgIpc) is 2.15. The van der Waals surface area contributed by atoms with Crippen LogP contribution < -0.4 is 0 Å². The van der Waals surface area contributed by atoms with Gasteiger partial charge in [-0.3, -0.25) is 0 Å². The van der Waals surface area contributed by atoms with Crippen LogP contribution in [0.25, 0.3) is 0 Å². The van der Waals surface area contributed by atoms with E-state index in [1.54, 1.807) is 0 Å². The van der Waals surface area contributed by atoms with Crippen molar-refractivity contribution in [2.24, 2.45) is 0 Å². The minimum Gasteiger partial charge on any atom is -0.233 e. The predicted molar refractivity (Wildman–Crippen MR) is 46.9 cm³/mol. The number of nitrogens with zero attached hydrogens (tertiary/aromatic N) is 2. The van der Waals surface area contributed by atoms with Crippen LogP contribution in [-0.2, 0) is 9.05 Å². The van der Waals surface area contributed by atoms with Crippen molar-refractivity contribution in [3.63, 3.8) is 0 Å². The summed E-state index contributed by atoms with van der Waals surface area (Å²) in [5.41, 5.74) is -1.11. The lowest BCUT2D eigenvalue weighted by Crippen LogP contribution is -2.02. The molecule has 15 heavy (non-hydrogen) atoms. The smallest absolute Gasteiger partial charge is 0.233 e. The van der Waals surface area contributed by atoms with Gasteiger partial charge in [-0.25, -0.2) is 22.2 Å². The highest BCUT2D eigenvalue weighted by Crippen LogP contribution is 2.22. The number of nitriles is 1. The van der Waals surface area contributed by atoms with Gasteiger partial charge in [-0.05, 0) is 12.1 Å². The summed E-state index contributed by atoms with van der Waals surface area (Å²) in [5.74, 6) is 0. The molecule has 0 saturated heterocycles. The first-order chi connectivity index (χ1) is 6.86. The Hall–Kier alpha value is -1.26. The molecule has 0 aromatic carbocycles. The Bertz CT molecular complexity index is 524. The molecule has 0 fully saturated rings. The molecule has 4 nitrogen and oxygen atoms in total. The van der Waals surface area contributed by atoms with Gasteiger partial charge >= 0.3 is 0 Å². The molecule has 0 aliphatic rings. The minimum atomic E-state index is -4.30. The van der Waals surface area contributed by atoms with E-state index in [2.05, 4.69) is 4.98 Å². The molecule has 0 unspecified atom stereocenters. The van der Waals surface area contributed by atoms with Gasteiger partial charge in [0.15, 0.2) is 5.03 Å². The van der Waals surface area contributed by atoms with Crippen molar-refractivity contribution in [2.45, 2.75) is 11.5 Å². The number of halogens is 3. The predicted octanol–water partition coefficient (Wildman–Crippen LogP) is 1.82. The molecular weight excluding hydrogens is 250 g/mol. The number of rotatable bonds is 2. The second kappa shape index (κ2) is 4.08. The largest absolute Gasteiger partial charge is 0.280 e. The number of hydrogen-bond donors (Lipinski definition) is 0. The summed E-state index contributed by atoms with van der Waals surface area (Å²) in [5, 5.41) is 7.67. The van der Waals surface area contributed by atoms with Gasteiger partial charge in [0.2, 0.25) is 0 Å².